The minimum atomic E-state index is 0.301. The number of aromatic nitrogens is 2. The number of ketones is 1. The van der Waals surface area contributed by atoms with E-state index in [9.17, 15) is 4.79 Å². The van der Waals surface area contributed by atoms with Gasteiger partial charge in [-0.25, -0.2) is 4.98 Å². The van der Waals surface area contributed by atoms with Crippen LogP contribution >= 0.6 is 0 Å². The van der Waals surface area contributed by atoms with E-state index in [0.29, 0.717) is 18.1 Å². The summed E-state index contributed by atoms with van der Waals surface area (Å²) in [6.07, 6.45) is 3.83. The molecule has 0 atom stereocenters. The zero-order valence-electron chi connectivity index (χ0n) is 10.0. The summed E-state index contributed by atoms with van der Waals surface area (Å²) in [6, 6.07) is 8.01. The second-order valence-electron chi connectivity index (χ2n) is 4.85. The normalized spacial score (nSPS) is 16.1. The smallest absolute Gasteiger partial charge is 0.143 e. The summed E-state index contributed by atoms with van der Waals surface area (Å²) < 4.78 is 2.03. The van der Waals surface area contributed by atoms with Crippen LogP contribution in [0.2, 0.25) is 0 Å². The Hall–Kier alpha value is -1.64. The minimum absolute atomic E-state index is 0.301. The van der Waals surface area contributed by atoms with Crippen LogP contribution in [0.25, 0.3) is 11.0 Å². The Bertz CT molecular complexity index is 567. The summed E-state index contributed by atoms with van der Waals surface area (Å²) in [5.74, 6) is 1.55. The molecule has 0 unspecified atom stereocenters. The van der Waals surface area contributed by atoms with Crippen molar-refractivity contribution in [1.82, 2.24) is 9.55 Å². The average Bonchev–Trinajstić information content (AvgIpc) is 2.54. The first-order chi connectivity index (χ1) is 8.25. The SMILES string of the molecule is Cn1c(CC(=O)C2CCC2)nc2ccccc21. The van der Waals surface area contributed by atoms with E-state index in [4.69, 9.17) is 0 Å². The molecule has 1 aliphatic carbocycles. The monoisotopic (exact) mass is 228 g/mol. The van der Waals surface area contributed by atoms with Gasteiger partial charge in [0.2, 0.25) is 0 Å². The summed E-state index contributed by atoms with van der Waals surface area (Å²) in [6.45, 7) is 0. The van der Waals surface area contributed by atoms with Crippen molar-refractivity contribution in [3.05, 3.63) is 30.1 Å². The van der Waals surface area contributed by atoms with Crippen molar-refractivity contribution in [3.8, 4) is 0 Å². The molecular formula is C14H16N2O. The van der Waals surface area contributed by atoms with Gasteiger partial charge in [-0.3, -0.25) is 4.79 Å². The molecule has 1 aliphatic rings. The van der Waals surface area contributed by atoms with Crippen LogP contribution in [0.15, 0.2) is 24.3 Å². The van der Waals surface area contributed by atoms with Crippen LogP contribution in [-0.4, -0.2) is 15.3 Å². The summed E-state index contributed by atoms with van der Waals surface area (Å²) in [4.78, 5) is 16.5. The molecule has 2 aromatic rings. The molecule has 1 saturated carbocycles. The highest BCUT2D eigenvalue weighted by Crippen LogP contribution is 2.28. The van der Waals surface area contributed by atoms with Crippen molar-refractivity contribution < 1.29 is 4.79 Å². The van der Waals surface area contributed by atoms with Crippen LogP contribution in [0.4, 0.5) is 0 Å². The molecule has 1 heterocycles. The standard InChI is InChI=1S/C14H16N2O/c1-16-12-8-3-2-7-11(12)15-14(16)9-13(17)10-5-4-6-10/h2-3,7-8,10H,4-6,9H2,1H3. The molecule has 3 heteroatoms. The topological polar surface area (TPSA) is 34.9 Å². The highest BCUT2D eigenvalue weighted by Gasteiger charge is 2.26. The molecule has 0 aliphatic heterocycles. The molecule has 3 nitrogen and oxygen atoms in total. The predicted octanol–water partition coefficient (Wildman–Crippen LogP) is 2.49. The molecule has 3 rings (SSSR count). The largest absolute Gasteiger partial charge is 0.331 e. The number of imidazole rings is 1. The molecule has 1 aromatic heterocycles. The van der Waals surface area contributed by atoms with Crippen LogP contribution in [0.3, 0.4) is 0 Å². The fourth-order valence-electron chi connectivity index (χ4n) is 2.38. The number of fused-ring (bicyclic) bond motifs is 1. The molecule has 0 radical (unpaired) electrons. The van der Waals surface area contributed by atoms with Crippen LogP contribution in [0.1, 0.15) is 25.1 Å². The Kier molecular flexibility index (Phi) is 2.46. The van der Waals surface area contributed by atoms with E-state index >= 15 is 0 Å². The lowest BCUT2D eigenvalue weighted by atomic mass is 9.81. The molecule has 17 heavy (non-hydrogen) atoms. The average molecular weight is 228 g/mol. The van der Waals surface area contributed by atoms with Crippen LogP contribution in [0, 0.1) is 5.92 Å². The third-order valence-electron chi connectivity index (χ3n) is 3.77. The van der Waals surface area contributed by atoms with E-state index in [2.05, 4.69) is 4.98 Å². The van der Waals surface area contributed by atoms with Gasteiger partial charge in [0, 0.05) is 13.0 Å². The number of hydrogen-bond donors (Lipinski definition) is 0. The number of carbonyl (C=O) groups excluding carboxylic acids is 1. The highest BCUT2D eigenvalue weighted by atomic mass is 16.1. The summed E-state index contributed by atoms with van der Waals surface area (Å²) in [7, 11) is 1.98. The maximum absolute atomic E-state index is 12.0. The van der Waals surface area contributed by atoms with Crippen molar-refractivity contribution in [1.29, 1.82) is 0 Å². The molecule has 88 valence electrons. The first-order valence-corrected chi connectivity index (χ1v) is 6.19. The number of nitrogens with zero attached hydrogens (tertiary/aromatic N) is 2. The Morgan fingerprint density at radius 2 is 2.18 bits per heavy atom. The van der Waals surface area contributed by atoms with Gasteiger partial charge < -0.3 is 4.57 Å². The van der Waals surface area contributed by atoms with Crippen LogP contribution < -0.4 is 0 Å². The molecule has 0 spiro atoms. The van der Waals surface area contributed by atoms with Gasteiger partial charge in [0.25, 0.3) is 0 Å². The zero-order valence-corrected chi connectivity index (χ0v) is 10.0. The third-order valence-corrected chi connectivity index (χ3v) is 3.77. The Morgan fingerprint density at radius 1 is 1.41 bits per heavy atom. The molecule has 1 fully saturated rings. The quantitative estimate of drug-likeness (QED) is 0.809. The van der Waals surface area contributed by atoms with E-state index in [1.807, 2.05) is 35.9 Å². The number of hydrogen-bond acceptors (Lipinski definition) is 2. The second kappa shape index (κ2) is 3.99. The highest BCUT2D eigenvalue weighted by molar-refractivity contribution is 5.84. The van der Waals surface area contributed by atoms with E-state index in [0.717, 1.165) is 29.7 Å². The van der Waals surface area contributed by atoms with Gasteiger partial charge in [-0.1, -0.05) is 18.6 Å². The number of para-hydroxylation sites is 2. The van der Waals surface area contributed by atoms with Gasteiger partial charge >= 0.3 is 0 Å². The Labute approximate surface area is 100 Å². The Morgan fingerprint density at radius 3 is 2.82 bits per heavy atom. The lowest BCUT2D eigenvalue weighted by molar-refractivity contribution is -0.124. The van der Waals surface area contributed by atoms with Gasteiger partial charge in [-0.2, -0.15) is 0 Å². The third kappa shape index (κ3) is 1.75. The second-order valence-corrected chi connectivity index (χ2v) is 4.85. The van der Waals surface area contributed by atoms with Crippen LogP contribution in [0.5, 0.6) is 0 Å². The van der Waals surface area contributed by atoms with Crippen molar-refractivity contribution >= 4 is 16.8 Å². The van der Waals surface area contributed by atoms with Gasteiger partial charge in [0.15, 0.2) is 0 Å². The van der Waals surface area contributed by atoms with Crippen molar-refractivity contribution in [2.45, 2.75) is 25.7 Å². The van der Waals surface area contributed by atoms with Crippen molar-refractivity contribution in [2.24, 2.45) is 13.0 Å². The predicted molar refractivity (Wildman–Crippen MR) is 66.8 cm³/mol. The van der Waals surface area contributed by atoms with E-state index in [1.54, 1.807) is 0 Å². The maximum atomic E-state index is 12.0. The maximum Gasteiger partial charge on any atom is 0.143 e. The van der Waals surface area contributed by atoms with E-state index in [1.165, 1.54) is 6.42 Å². The lowest BCUT2D eigenvalue weighted by Gasteiger charge is -2.23. The van der Waals surface area contributed by atoms with Gasteiger partial charge in [-0.15, -0.1) is 0 Å². The molecule has 0 N–H and O–H groups in total. The first kappa shape index (κ1) is 10.5. The minimum Gasteiger partial charge on any atom is -0.331 e. The number of rotatable bonds is 3. The summed E-state index contributed by atoms with van der Waals surface area (Å²) in [5, 5.41) is 0. The molecule has 0 amide bonds. The fourth-order valence-corrected chi connectivity index (χ4v) is 2.38. The number of aryl methyl sites for hydroxylation is 1. The number of carbonyl (C=O) groups is 1. The molecule has 1 aromatic carbocycles. The van der Waals surface area contributed by atoms with E-state index in [-0.39, 0.29) is 0 Å². The summed E-state index contributed by atoms with van der Waals surface area (Å²) >= 11 is 0. The van der Waals surface area contributed by atoms with Gasteiger partial charge in [0.05, 0.1) is 17.5 Å². The summed E-state index contributed by atoms with van der Waals surface area (Å²) in [5.41, 5.74) is 2.08. The zero-order chi connectivity index (χ0) is 11.8. The number of benzene rings is 1. The Balaban J connectivity index is 1.89. The first-order valence-electron chi connectivity index (χ1n) is 6.19. The molecule has 0 saturated heterocycles. The molecular weight excluding hydrogens is 212 g/mol. The molecule has 0 bridgehead atoms. The van der Waals surface area contributed by atoms with Crippen LogP contribution in [-0.2, 0) is 18.3 Å². The van der Waals surface area contributed by atoms with Gasteiger partial charge in [-0.05, 0) is 25.0 Å². The van der Waals surface area contributed by atoms with Gasteiger partial charge in [0.1, 0.15) is 11.6 Å². The fraction of sp³-hybridized carbons (Fsp3) is 0.429. The number of Topliss-reactive ketones (excluding diaryl/α,β-unsaturated/α-hetero) is 1. The lowest BCUT2D eigenvalue weighted by Crippen LogP contribution is -2.24. The van der Waals surface area contributed by atoms with Crippen molar-refractivity contribution in [2.75, 3.05) is 0 Å². The van der Waals surface area contributed by atoms with Crippen molar-refractivity contribution in [3.63, 3.8) is 0 Å². The van der Waals surface area contributed by atoms with E-state index < -0.39 is 0 Å².